The molecule has 1 amide bonds. The second-order valence-corrected chi connectivity index (χ2v) is 5.41. The van der Waals surface area contributed by atoms with E-state index in [1.54, 1.807) is 4.90 Å². The third-order valence-electron chi connectivity index (χ3n) is 3.68. The molecule has 24 heavy (non-hydrogen) atoms. The van der Waals surface area contributed by atoms with Gasteiger partial charge in [0.25, 0.3) is 5.91 Å². The molecule has 3 N–H and O–H groups in total. The number of carbonyl (C=O) groups is 1. The van der Waals surface area contributed by atoms with Gasteiger partial charge >= 0.3 is 0 Å². The van der Waals surface area contributed by atoms with Gasteiger partial charge in [-0.25, -0.2) is 0 Å². The van der Waals surface area contributed by atoms with Crippen LogP contribution in [0.2, 0.25) is 0 Å². The van der Waals surface area contributed by atoms with Crippen LogP contribution in [0, 0.1) is 0 Å². The van der Waals surface area contributed by atoms with E-state index in [0.717, 1.165) is 23.5 Å². The predicted molar refractivity (Wildman–Crippen MR) is 95.5 cm³/mol. The van der Waals surface area contributed by atoms with Crippen LogP contribution in [-0.2, 0) is 4.79 Å². The largest absolute Gasteiger partial charge is 0.482 e. The molecule has 2 aromatic carbocycles. The molecule has 0 atom stereocenters. The Hall–Kier alpha value is -3.02. The van der Waals surface area contributed by atoms with Gasteiger partial charge in [0.2, 0.25) is 0 Å². The van der Waals surface area contributed by atoms with Crippen LogP contribution in [0.1, 0.15) is 6.42 Å². The maximum atomic E-state index is 12.1. The number of nitrogens with one attached hydrogen (secondary N) is 1. The lowest BCUT2D eigenvalue weighted by molar-refractivity contribution is -0.121. The summed E-state index contributed by atoms with van der Waals surface area (Å²) in [6, 6.07) is 17.2. The van der Waals surface area contributed by atoms with Crippen molar-refractivity contribution in [1.82, 2.24) is 0 Å². The van der Waals surface area contributed by atoms with E-state index in [9.17, 15) is 4.79 Å². The Kier molecular flexibility index (Phi) is 4.96. The van der Waals surface area contributed by atoms with E-state index in [1.807, 2.05) is 54.6 Å². The third kappa shape index (κ3) is 3.84. The van der Waals surface area contributed by atoms with E-state index in [0.29, 0.717) is 19.0 Å². The Morgan fingerprint density at radius 2 is 1.92 bits per heavy atom. The van der Waals surface area contributed by atoms with Gasteiger partial charge < -0.3 is 20.7 Å². The Balaban J connectivity index is 1.53. The summed E-state index contributed by atoms with van der Waals surface area (Å²) in [5.41, 5.74) is 7.58. The van der Waals surface area contributed by atoms with Gasteiger partial charge in [-0.15, -0.1) is 0 Å². The molecule has 0 fully saturated rings. The summed E-state index contributed by atoms with van der Waals surface area (Å²) < 4.78 is 5.43. The molecule has 124 valence electrons. The number of fused-ring (bicyclic) bond motifs is 1. The number of carbonyl (C=O) groups excluding carboxylic acids is 1. The van der Waals surface area contributed by atoms with Crippen LogP contribution < -0.4 is 20.7 Å². The van der Waals surface area contributed by atoms with Gasteiger partial charge in [0.1, 0.15) is 5.75 Å². The standard InChI is InChI=1S/C18H20N4O2/c19-18(21-14-7-2-1-3-8-14)20-11-6-12-22-15-9-4-5-10-16(15)24-13-17(22)23/h1-5,7-10H,6,11-13H2,(H3,19,20,21). The van der Waals surface area contributed by atoms with Crippen molar-refractivity contribution in [3.63, 3.8) is 0 Å². The highest BCUT2D eigenvalue weighted by molar-refractivity contribution is 5.97. The fourth-order valence-corrected chi connectivity index (χ4v) is 2.54. The van der Waals surface area contributed by atoms with Crippen molar-refractivity contribution in [2.24, 2.45) is 10.7 Å². The Morgan fingerprint density at radius 1 is 1.17 bits per heavy atom. The average molecular weight is 324 g/mol. The molecule has 0 radical (unpaired) electrons. The van der Waals surface area contributed by atoms with Crippen molar-refractivity contribution >= 4 is 23.2 Å². The molecule has 6 nitrogen and oxygen atoms in total. The summed E-state index contributed by atoms with van der Waals surface area (Å²) in [6.45, 7) is 1.21. The minimum Gasteiger partial charge on any atom is -0.482 e. The molecule has 2 aromatic rings. The monoisotopic (exact) mass is 324 g/mol. The molecular weight excluding hydrogens is 304 g/mol. The maximum Gasteiger partial charge on any atom is 0.265 e. The highest BCUT2D eigenvalue weighted by Gasteiger charge is 2.24. The van der Waals surface area contributed by atoms with Gasteiger partial charge in [-0.2, -0.15) is 0 Å². The van der Waals surface area contributed by atoms with Crippen molar-refractivity contribution in [2.45, 2.75) is 6.42 Å². The van der Waals surface area contributed by atoms with E-state index < -0.39 is 0 Å². The fourth-order valence-electron chi connectivity index (χ4n) is 2.54. The topological polar surface area (TPSA) is 80.0 Å². The first-order valence-corrected chi connectivity index (χ1v) is 7.88. The number of nitrogens with zero attached hydrogens (tertiary/aromatic N) is 2. The molecule has 0 bridgehead atoms. The van der Waals surface area contributed by atoms with E-state index in [1.165, 1.54) is 0 Å². The lowest BCUT2D eigenvalue weighted by atomic mass is 10.2. The molecular formula is C18H20N4O2. The summed E-state index contributed by atoms with van der Waals surface area (Å²) in [7, 11) is 0. The maximum absolute atomic E-state index is 12.1. The number of hydrogen-bond donors (Lipinski definition) is 2. The quantitative estimate of drug-likeness (QED) is 0.502. The number of anilines is 2. The molecule has 0 aliphatic carbocycles. The van der Waals surface area contributed by atoms with Crippen LogP contribution >= 0.6 is 0 Å². The minimum absolute atomic E-state index is 0.0342. The normalized spacial score (nSPS) is 14.1. The average Bonchev–Trinajstić information content (AvgIpc) is 2.61. The van der Waals surface area contributed by atoms with Crippen molar-refractivity contribution in [3.05, 3.63) is 54.6 Å². The van der Waals surface area contributed by atoms with Crippen LogP contribution in [0.3, 0.4) is 0 Å². The first-order chi connectivity index (χ1) is 11.7. The van der Waals surface area contributed by atoms with Crippen LogP contribution in [0.5, 0.6) is 5.75 Å². The zero-order valence-electron chi connectivity index (χ0n) is 13.3. The first kappa shape index (κ1) is 15.9. The van der Waals surface area contributed by atoms with Crippen molar-refractivity contribution in [2.75, 3.05) is 29.9 Å². The number of aliphatic imine (C=N–C) groups is 1. The molecule has 0 aromatic heterocycles. The number of amides is 1. The lowest BCUT2D eigenvalue weighted by Crippen LogP contribution is -2.39. The zero-order chi connectivity index (χ0) is 16.8. The number of rotatable bonds is 5. The molecule has 0 saturated heterocycles. The molecule has 1 aliphatic rings. The summed E-state index contributed by atoms with van der Waals surface area (Å²) in [5, 5.41) is 3.03. The van der Waals surface area contributed by atoms with Gasteiger partial charge in [-0.05, 0) is 30.7 Å². The number of benzene rings is 2. The summed E-state index contributed by atoms with van der Waals surface area (Å²) in [5.74, 6) is 1.08. The van der Waals surface area contributed by atoms with Crippen molar-refractivity contribution in [1.29, 1.82) is 0 Å². The van der Waals surface area contributed by atoms with E-state index in [2.05, 4.69) is 10.3 Å². The van der Waals surface area contributed by atoms with Gasteiger partial charge in [0.15, 0.2) is 12.6 Å². The summed E-state index contributed by atoms with van der Waals surface area (Å²) >= 11 is 0. The summed E-state index contributed by atoms with van der Waals surface area (Å²) in [6.07, 6.45) is 0.719. The molecule has 6 heteroatoms. The van der Waals surface area contributed by atoms with Gasteiger partial charge in [0, 0.05) is 18.8 Å². The Labute approximate surface area is 140 Å². The van der Waals surface area contributed by atoms with Gasteiger partial charge in [-0.1, -0.05) is 30.3 Å². The number of ether oxygens (including phenoxy) is 1. The van der Waals surface area contributed by atoms with Crippen LogP contribution in [0.25, 0.3) is 0 Å². The van der Waals surface area contributed by atoms with E-state index in [-0.39, 0.29) is 12.5 Å². The zero-order valence-corrected chi connectivity index (χ0v) is 13.3. The third-order valence-corrected chi connectivity index (χ3v) is 3.68. The Bertz CT molecular complexity index is 731. The summed E-state index contributed by atoms with van der Waals surface area (Å²) in [4.78, 5) is 18.1. The number of hydrogen-bond acceptors (Lipinski definition) is 3. The molecule has 0 saturated carbocycles. The first-order valence-electron chi connectivity index (χ1n) is 7.88. The molecule has 0 unspecified atom stereocenters. The van der Waals surface area contributed by atoms with Crippen molar-refractivity contribution in [3.8, 4) is 5.75 Å². The smallest absolute Gasteiger partial charge is 0.265 e. The van der Waals surface area contributed by atoms with E-state index in [4.69, 9.17) is 10.5 Å². The van der Waals surface area contributed by atoms with E-state index >= 15 is 0 Å². The minimum atomic E-state index is -0.0342. The molecule has 1 heterocycles. The van der Waals surface area contributed by atoms with Gasteiger partial charge in [0.05, 0.1) is 5.69 Å². The second kappa shape index (κ2) is 7.50. The number of para-hydroxylation sites is 3. The Morgan fingerprint density at radius 3 is 2.75 bits per heavy atom. The lowest BCUT2D eigenvalue weighted by Gasteiger charge is -2.29. The highest BCUT2D eigenvalue weighted by atomic mass is 16.5. The van der Waals surface area contributed by atoms with Crippen molar-refractivity contribution < 1.29 is 9.53 Å². The molecule has 3 rings (SSSR count). The van der Waals surface area contributed by atoms with Crippen LogP contribution in [0.4, 0.5) is 11.4 Å². The highest BCUT2D eigenvalue weighted by Crippen LogP contribution is 2.31. The second-order valence-electron chi connectivity index (χ2n) is 5.41. The fraction of sp³-hybridized carbons (Fsp3) is 0.222. The molecule has 0 spiro atoms. The van der Waals surface area contributed by atoms with Crippen LogP contribution in [0.15, 0.2) is 59.6 Å². The predicted octanol–water partition coefficient (Wildman–Crippen LogP) is 2.23. The van der Waals surface area contributed by atoms with Gasteiger partial charge in [-0.3, -0.25) is 9.79 Å². The number of guanidine groups is 1. The van der Waals surface area contributed by atoms with Crippen LogP contribution in [-0.4, -0.2) is 31.6 Å². The SMILES string of the molecule is NC(=NCCCN1C(=O)COc2ccccc21)Nc1ccccc1. The number of nitrogens with two attached hydrogens (primary N) is 1. The molecule has 1 aliphatic heterocycles.